The summed E-state index contributed by atoms with van der Waals surface area (Å²) in [6.07, 6.45) is 1.61. The summed E-state index contributed by atoms with van der Waals surface area (Å²) in [4.78, 5) is 13.9. The maximum Gasteiger partial charge on any atom is 0.240 e. The number of hydrogen-bond donors (Lipinski definition) is 1. The number of amides is 1. The van der Waals surface area contributed by atoms with Crippen molar-refractivity contribution in [2.24, 2.45) is 11.1 Å². The summed E-state index contributed by atoms with van der Waals surface area (Å²) in [5, 5.41) is 0. The first kappa shape index (κ1) is 13.8. The van der Waals surface area contributed by atoms with Crippen molar-refractivity contribution >= 4 is 5.91 Å². The lowest BCUT2D eigenvalue weighted by molar-refractivity contribution is -0.135. The SMILES string of the molecule is CCN(Cc1ccco1)C(=O)[C@@H](N)C(C)(C)C. The van der Waals surface area contributed by atoms with Gasteiger partial charge in [-0.1, -0.05) is 20.8 Å². The zero-order valence-electron chi connectivity index (χ0n) is 11.1. The van der Waals surface area contributed by atoms with Crippen LogP contribution in [-0.2, 0) is 11.3 Å². The van der Waals surface area contributed by atoms with Crippen LogP contribution in [0.2, 0.25) is 0 Å². The lowest BCUT2D eigenvalue weighted by Gasteiger charge is -2.31. The third kappa shape index (κ3) is 3.60. The Morgan fingerprint density at radius 2 is 2.18 bits per heavy atom. The van der Waals surface area contributed by atoms with Crippen molar-refractivity contribution in [2.45, 2.75) is 40.3 Å². The van der Waals surface area contributed by atoms with Gasteiger partial charge in [0.1, 0.15) is 5.76 Å². The molecule has 4 heteroatoms. The largest absolute Gasteiger partial charge is 0.467 e. The average molecular weight is 238 g/mol. The Morgan fingerprint density at radius 1 is 1.53 bits per heavy atom. The van der Waals surface area contributed by atoms with E-state index in [1.165, 1.54) is 0 Å². The van der Waals surface area contributed by atoms with Gasteiger partial charge in [0, 0.05) is 6.54 Å². The quantitative estimate of drug-likeness (QED) is 0.872. The van der Waals surface area contributed by atoms with Crippen LogP contribution >= 0.6 is 0 Å². The maximum absolute atomic E-state index is 12.2. The van der Waals surface area contributed by atoms with E-state index in [0.717, 1.165) is 5.76 Å². The third-order valence-electron chi connectivity index (χ3n) is 2.82. The Bertz CT molecular complexity index is 352. The molecule has 0 aromatic carbocycles. The van der Waals surface area contributed by atoms with E-state index in [1.807, 2.05) is 39.8 Å². The minimum atomic E-state index is -0.489. The minimum Gasteiger partial charge on any atom is -0.467 e. The molecule has 1 aromatic rings. The van der Waals surface area contributed by atoms with Crippen molar-refractivity contribution < 1.29 is 9.21 Å². The van der Waals surface area contributed by atoms with Crippen LogP contribution in [-0.4, -0.2) is 23.4 Å². The molecule has 0 fully saturated rings. The number of carbonyl (C=O) groups is 1. The molecule has 2 N–H and O–H groups in total. The van der Waals surface area contributed by atoms with Gasteiger partial charge >= 0.3 is 0 Å². The normalized spacial score (nSPS) is 13.5. The predicted molar refractivity (Wildman–Crippen MR) is 67.2 cm³/mol. The van der Waals surface area contributed by atoms with Crippen LogP contribution in [0.25, 0.3) is 0 Å². The number of hydrogen-bond acceptors (Lipinski definition) is 3. The van der Waals surface area contributed by atoms with E-state index in [-0.39, 0.29) is 11.3 Å². The Labute approximate surface area is 103 Å². The molecular formula is C13H22N2O2. The van der Waals surface area contributed by atoms with Gasteiger partial charge in [0.25, 0.3) is 0 Å². The van der Waals surface area contributed by atoms with Gasteiger partial charge in [0.2, 0.25) is 5.91 Å². The van der Waals surface area contributed by atoms with Gasteiger partial charge in [-0.3, -0.25) is 4.79 Å². The molecule has 1 amide bonds. The van der Waals surface area contributed by atoms with Gasteiger partial charge in [-0.15, -0.1) is 0 Å². The fraction of sp³-hybridized carbons (Fsp3) is 0.615. The lowest BCUT2D eigenvalue weighted by atomic mass is 9.86. The second-order valence-corrected chi connectivity index (χ2v) is 5.28. The van der Waals surface area contributed by atoms with Crippen LogP contribution in [0.1, 0.15) is 33.5 Å². The van der Waals surface area contributed by atoms with Gasteiger partial charge in [-0.05, 0) is 24.5 Å². The maximum atomic E-state index is 12.2. The highest BCUT2D eigenvalue weighted by molar-refractivity contribution is 5.82. The Hall–Kier alpha value is -1.29. The molecule has 0 spiro atoms. The highest BCUT2D eigenvalue weighted by atomic mass is 16.3. The second-order valence-electron chi connectivity index (χ2n) is 5.28. The van der Waals surface area contributed by atoms with Crippen LogP contribution in [0.15, 0.2) is 22.8 Å². The van der Waals surface area contributed by atoms with Gasteiger partial charge in [-0.2, -0.15) is 0 Å². The number of likely N-dealkylation sites (N-methyl/N-ethyl adjacent to an activating group) is 1. The summed E-state index contributed by atoms with van der Waals surface area (Å²) in [5.74, 6) is 0.748. The van der Waals surface area contributed by atoms with E-state index in [4.69, 9.17) is 10.2 Å². The molecular weight excluding hydrogens is 216 g/mol. The molecule has 17 heavy (non-hydrogen) atoms. The summed E-state index contributed by atoms with van der Waals surface area (Å²) < 4.78 is 5.25. The molecule has 0 radical (unpaired) electrons. The fourth-order valence-electron chi connectivity index (χ4n) is 1.50. The zero-order valence-corrected chi connectivity index (χ0v) is 11.1. The molecule has 0 saturated carbocycles. The van der Waals surface area contributed by atoms with E-state index in [9.17, 15) is 4.79 Å². The van der Waals surface area contributed by atoms with E-state index in [2.05, 4.69) is 0 Å². The minimum absolute atomic E-state index is 0.0311. The van der Waals surface area contributed by atoms with Crippen LogP contribution in [0, 0.1) is 5.41 Å². The van der Waals surface area contributed by atoms with Crippen molar-refractivity contribution in [1.29, 1.82) is 0 Å². The number of nitrogens with two attached hydrogens (primary N) is 1. The molecule has 1 aromatic heterocycles. The van der Waals surface area contributed by atoms with Gasteiger partial charge < -0.3 is 15.1 Å². The summed E-state index contributed by atoms with van der Waals surface area (Å²) in [6.45, 7) is 8.95. The van der Waals surface area contributed by atoms with E-state index in [1.54, 1.807) is 11.2 Å². The van der Waals surface area contributed by atoms with Gasteiger partial charge in [0.05, 0.1) is 18.8 Å². The van der Waals surface area contributed by atoms with Gasteiger partial charge in [0.15, 0.2) is 0 Å². The highest BCUT2D eigenvalue weighted by Crippen LogP contribution is 2.20. The molecule has 0 bridgehead atoms. The van der Waals surface area contributed by atoms with Crippen molar-refractivity contribution in [1.82, 2.24) is 4.90 Å². The number of rotatable bonds is 4. The molecule has 1 atom stereocenters. The predicted octanol–water partition coefficient (Wildman–Crippen LogP) is 2.00. The standard InChI is InChI=1S/C13H22N2O2/c1-5-15(9-10-7-6-8-17-10)12(16)11(14)13(2,3)4/h6-8,11H,5,9,14H2,1-4H3/t11-/m1/s1. The highest BCUT2D eigenvalue weighted by Gasteiger charge is 2.30. The summed E-state index contributed by atoms with van der Waals surface area (Å²) in [5.41, 5.74) is 5.75. The molecule has 4 nitrogen and oxygen atoms in total. The molecule has 0 aliphatic heterocycles. The molecule has 96 valence electrons. The first-order valence-electron chi connectivity index (χ1n) is 5.93. The van der Waals surface area contributed by atoms with Crippen LogP contribution < -0.4 is 5.73 Å². The summed E-state index contributed by atoms with van der Waals surface area (Å²) >= 11 is 0. The van der Waals surface area contributed by atoms with Crippen molar-refractivity contribution in [3.8, 4) is 0 Å². The van der Waals surface area contributed by atoms with Crippen molar-refractivity contribution in [3.05, 3.63) is 24.2 Å². The Morgan fingerprint density at radius 3 is 2.59 bits per heavy atom. The van der Waals surface area contributed by atoms with E-state index >= 15 is 0 Å². The van der Waals surface area contributed by atoms with Crippen molar-refractivity contribution in [3.63, 3.8) is 0 Å². The number of furan rings is 1. The van der Waals surface area contributed by atoms with E-state index in [0.29, 0.717) is 13.1 Å². The van der Waals surface area contributed by atoms with E-state index < -0.39 is 6.04 Å². The number of carbonyl (C=O) groups excluding carboxylic acids is 1. The van der Waals surface area contributed by atoms with Crippen LogP contribution in [0.5, 0.6) is 0 Å². The monoisotopic (exact) mass is 238 g/mol. The first-order chi connectivity index (χ1) is 7.86. The molecule has 0 unspecified atom stereocenters. The zero-order chi connectivity index (χ0) is 13.1. The fourth-order valence-corrected chi connectivity index (χ4v) is 1.50. The lowest BCUT2D eigenvalue weighted by Crippen LogP contribution is -2.50. The van der Waals surface area contributed by atoms with Crippen LogP contribution in [0.4, 0.5) is 0 Å². The smallest absolute Gasteiger partial charge is 0.240 e. The topological polar surface area (TPSA) is 59.5 Å². The molecule has 1 rings (SSSR count). The summed E-state index contributed by atoms with van der Waals surface area (Å²) in [6, 6.07) is 3.19. The van der Waals surface area contributed by atoms with Crippen LogP contribution in [0.3, 0.4) is 0 Å². The van der Waals surface area contributed by atoms with Gasteiger partial charge in [-0.25, -0.2) is 0 Å². The average Bonchev–Trinajstić information content (AvgIpc) is 2.75. The number of nitrogens with zero attached hydrogens (tertiary/aromatic N) is 1. The molecule has 0 aliphatic rings. The molecule has 0 saturated heterocycles. The Kier molecular flexibility index (Phi) is 4.34. The Balaban J connectivity index is 2.71. The third-order valence-corrected chi connectivity index (χ3v) is 2.82. The molecule has 1 heterocycles. The first-order valence-corrected chi connectivity index (χ1v) is 5.93. The molecule has 0 aliphatic carbocycles. The summed E-state index contributed by atoms with van der Waals surface area (Å²) in [7, 11) is 0. The second kappa shape index (κ2) is 5.36. The van der Waals surface area contributed by atoms with Crippen molar-refractivity contribution in [2.75, 3.05) is 6.54 Å².